The summed E-state index contributed by atoms with van der Waals surface area (Å²) in [5.41, 5.74) is -0.727. The minimum absolute atomic E-state index is 0.222. The third kappa shape index (κ3) is 2.66. The zero-order chi connectivity index (χ0) is 14.9. The van der Waals surface area contributed by atoms with E-state index in [2.05, 4.69) is 14.7 Å². The number of nitro benzene ring substituents is 1. The van der Waals surface area contributed by atoms with Gasteiger partial charge in [-0.2, -0.15) is 4.98 Å². The van der Waals surface area contributed by atoms with Crippen molar-refractivity contribution in [2.45, 2.75) is 11.8 Å². The van der Waals surface area contributed by atoms with E-state index in [1.807, 2.05) is 4.72 Å². The molecule has 11 heteroatoms. The molecule has 2 N–H and O–H groups in total. The summed E-state index contributed by atoms with van der Waals surface area (Å²) in [4.78, 5) is 13.0. The smallest absolute Gasteiger partial charge is 0.335 e. The van der Waals surface area contributed by atoms with Crippen LogP contribution in [0.2, 0.25) is 0 Å². The molecule has 0 aliphatic carbocycles. The fourth-order valence-corrected chi connectivity index (χ4v) is 2.27. The average Bonchev–Trinajstić information content (AvgIpc) is 2.73. The van der Waals surface area contributed by atoms with Crippen molar-refractivity contribution >= 4 is 21.7 Å². The maximum absolute atomic E-state index is 12.0. The number of aromatic hydroxyl groups is 1. The van der Waals surface area contributed by atoms with Crippen molar-refractivity contribution in [2.75, 3.05) is 4.72 Å². The number of aromatic nitrogens is 2. The monoisotopic (exact) mass is 300 g/mol. The second-order valence-electron chi connectivity index (χ2n) is 3.66. The van der Waals surface area contributed by atoms with Crippen molar-refractivity contribution < 1.29 is 23.0 Å². The van der Waals surface area contributed by atoms with Crippen LogP contribution in [0.25, 0.3) is 0 Å². The number of phenols is 1. The molecule has 10 nitrogen and oxygen atoms in total. The molecule has 0 aliphatic heterocycles. The molecule has 0 saturated carbocycles. The van der Waals surface area contributed by atoms with Crippen LogP contribution < -0.4 is 4.72 Å². The molecule has 0 fully saturated rings. The van der Waals surface area contributed by atoms with E-state index in [4.69, 9.17) is 0 Å². The van der Waals surface area contributed by atoms with Crippen molar-refractivity contribution in [3.8, 4) is 5.75 Å². The molecule has 1 aromatic carbocycles. The molecule has 106 valence electrons. The van der Waals surface area contributed by atoms with Crippen molar-refractivity contribution in [1.29, 1.82) is 0 Å². The van der Waals surface area contributed by atoms with E-state index >= 15 is 0 Å². The fourth-order valence-electron chi connectivity index (χ4n) is 1.33. The number of nitrogens with zero attached hydrogens (tertiary/aromatic N) is 3. The molecule has 1 aromatic heterocycles. The quantitative estimate of drug-likeness (QED) is 0.621. The van der Waals surface area contributed by atoms with Crippen LogP contribution in [0.4, 0.5) is 11.7 Å². The minimum atomic E-state index is -4.13. The number of phenolic OH excluding ortho intramolecular Hbond substituents is 1. The van der Waals surface area contributed by atoms with Crippen LogP contribution in [-0.4, -0.2) is 28.6 Å². The highest BCUT2D eigenvalue weighted by molar-refractivity contribution is 7.92. The number of anilines is 1. The number of hydrogen-bond acceptors (Lipinski definition) is 8. The standard InChI is InChI=1S/C9H8N4O6S/c1-5-10-9(19-11-5)12-20(17,18)6-2-3-8(14)7(4-6)13(15)16/h2-4,14H,1H3,(H,10,11,12). The lowest BCUT2D eigenvalue weighted by molar-refractivity contribution is -0.386. The first-order valence-electron chi connectivity index (χ1n) is 5.10. The molecular formula is C9H8N4O6S. The Hall–Kier alpha value is -2.69. The molecule has 0 atom stereocenters. The lowest BCUT2D eigenvalue weighted by atomic mass is 10.3. The summed E-state index contributed by atoms with van der Waals surface area (Å²) in [6, 6.07) is 2.28. The first kappa shape index (κ1) is 13.7. The fraction of sp³-hybridized carbons (Fsp3) is 0.111. The van der Waals surface area contributed by atoms with Gasteiger partial charge in [-0.3, -0.25) is 10.1 Å². The number of nitro groups is 1. The number of sulfonamides is 1. The Balaban J connectivity index is 2.39. The molecule has 2 aromatic rings. The minimum Gasteiger partial charge on any atom is -0.502 e. The summed E-state index contributed by atoms with van der Waals surface area (Å²) in [5, 5.41) is 23.3. The predicted octanol–water partition coefficient (Wildman–Crippen LogP) is 0.793. The van der Waals surface area contributed by atoms with Gasteiger partial charge in [0.15, 0.2) is 11.6 Å². The molecule has 0 spiro atoms. The summed E-state index contributed by atoms with van der Waals surface area (Å²) < 4.78 is 30.5. The Morgan fingerprint density at radius 2 is 2.15 bits per heavy atom. The van der Waals surface area contributed by atoms with Gasteiger partial charge in [-0.25, -0.2) is 13.1 Å². The zero-order valence-electron chi connectivity index (χ0n) is 9.97. The van der Waals surface area contributed by atoms with E-state index in [0.29, 0.717) is 0 Å². The van der Waals surface area contributed by atoms with Crippen LogP contribution in [-0.2, 0) is 10.0 Å². The largest absolute Gasteiger partial charge is 0.502 e. The second-order valence-corrected chi connectivity index (χ2v) is 5.34. The van der Waals surface area contributed by atoms with E-state index in [1.165, 1.54) is 6.92 Å². The Labute approximate surface area is 112 Å². The second kappa shape index (κ2) is 4.77. The van der Waals surface area contributed by atoms with Gasteiger partial charge in [0, 0.05) is 6.07 Å². The third-order valence-corrected chi connectivity index (χ3v) is 3.52. The van der Waals surface area contributed by atoms with Crippen LogP contribution >= 0.6 is 0 Å². The van der Waals surface area contributed by atoms with Gasteiger partial charge in [0.1, 0.15) is 0 Å². The topological polar surface area (TPSA) is 148 Å². The summed E-state index contributed by atoms with van der Waals surface area (Å²) in [6.45, 7) is 1.49. The Bertz CT molecular complexity index is 768. The number of hydrogen-bond donors (Lipinski definition) is 2. The summed E-state index contributed by atoms with van der Waals surface area (Å²) in [6.07, 6.45) is 0. The van der Waals surface area contributed by atoms with Gasteiger partial charge >= 0.3 is 11.7 Å². The van der Waals surface area contributed by atoms with E-state index in [9.17, 15) is 23.6 Å². The normalized spacial score (nSPS) is 11.2. The average molecular weight is 300 g/mol. The maximum Gasteiger partial charge on any atom is 0.335 e. The van der Waals surface area contributed by atoms with Gasteiger partial charge in [-0.1, -0.05) is 5.16 Å². The van der Waals surface area contributed by atoms with Gasteiger partial charge in [0.2, 0.25) is 0 Å². The van der Waals surface area contributed by atoms with Gasteiger partial charge in [0.25, 0.3) is 10.0 Å². The van der Waals surface area contributed by atoms with E-state index in [-0.39, 0.29) is 11.8 Å². The van der Waals surface area contributed by atoms with Gasteiger partial charge in [0.05, 0.1) is 9.82 Å². The van der Waals surface area contributed by atoms with Gasteiger partial charge < -0.3 is 9.63 Å². The number of rotatable bonds is 4. The van der Waals surface area contributed by atoms with Crippen LogP contribution in [0, 0.1) is 17.0 Å². The molecule has 0 bridgehead atoms. The summed E-state index contributed by atoms with van der Waals surface area (Å²) in [5.74, 6) is -0.415. The molecule has 0 radical (unpaired) electrons. The maximum atomic E-state index is 12.0. The Kier molecular flexibility index (Phi) is 3.28. The molecule has 1 heterocycles. The highest BCUT2D eigenvalue weighted by atomic mass is 32.2. The number of aryl methyl sites for hydroxylation is 1. The SMILES string of the molecule is Cc1noc(NS(=O)(=O)c2ccc(O)c([N+](=O)[O-])c2)n1. The van der Waals surface area contributed by atoms with Crippen LogP contribution in [0.1, 0.15) is 5.82 Å². The summed E-state index contributed by atoms with van der Waals surface area (Å²) >= 11 is 0. The number of benzene rings is 1. The lowest BCUT2D eigenvalue weighted by Gasteiger charge is -2.04. The molecule has 0 saturated heterocycles. The van der Waals surface area contributed by atoms with Crippen molar-refractivity contribution in [3.63, 3.8) is 0 Å². The Morgan fingerprint density at radius 1 is 1.45 bits per heavy atom. The highest BCUT2D eigenvalue weighted by Gasteiger charge is 2.22. The first-order chi connectivity index (χ1) is 9.29. The van der Waals surface area contributed by atoms with Crippen LogP contribution in [0.15, 0.2) is 27.6 Å². The van der Waals surface area contributed by atoms with Gasteiger partial charge in [-0.05, 0) is 19.1 Å². The van der Waals surface area contributed by atoms with E-state index in [1.54, 1.807) is 0 Å². The Morgan fingerprint density at radius 3 is 2.70 bits per heavy atom. The number of nitrogens with one attached hydrogen (secondary N) is 1. The van der Waals surface area contributed by atoms with Crippen LogP contribution in [0.3, 0.4) is 0 Å². The lowest BCUT2D eigenvalue weighted by Crippen LogP contribution is -2.13. The first-order valence-corrected chi connectivity index (χ1v) is 6.58. The molecule has 0 aliphatic rings. The summed E-state index contributed by atoms with van der Waals surface area (Å²) in [7, 11) is -4.13. The molecule has 20 heavy (non-hydrogen) atoms. The van der Waals surface area contributed by atoms with Crippen molar-refractivity contribution in [3.05, 3.63) is 34.1 Å². The van der Waals surface area contributed by atoms with Crippen molar-refractivity contribution in [2.24, 2.45) is 0 Å². The molecule has 0 unspecified atom stereocenters. The molecule has 0 amide bonds. The zero-order valence-corrected chi connectivity index (χ0v) is 10.8. The predicted molar refractivity (Wildman–Crippen MR) is 64.6 cm³/mol. The third-order valence-electron chi connectivity index (χ3n) is 2.20. The van der Waals surface area contributed by atoms with Gasteiger partial charge in [-0.15, -0.1) is 0 Å². The van der Waals surface area contributed by atoms with E-state index < -0.39 is 31.3 Å². The van der Waals surface area contributed by atoms with Crippen LogP contribution in [0.5, 0.6) is 5.75 Å². The highest BCUT2D eigenvalue weighted by Crippen LogP contribution is 2.28. The van der Waals surface area contributed by atoms with E-state index in [0.717, 1.165) is 18.2 Å². The van der Waals surface area contributed by atoms with Crippen molar-refractivity contribution in [1.82, 2.24) is 10.1 Å². The molecular weight excluding hydrogens is 292 g/mol. The molecule has 2 rings (SSSR count).